The predicted molar refractivity (Wildman–Crippen MR) is 63.8 cm³/mol. The van der Waals surface area contributed by atoms with Crippen LogP contribution in [-0.4, -0.2) is 35.3 Å². The zero-order valence-electron chi connectivity index (χ0n) is 8.81. The molecule has 0 spiro atoms. The van der Waals surface area contributed by atoms with Crippen molar-refractivity contribution in [3.05, 3.63) is 4.60 Å². The van der Waals surface area contributed by atoms with Crippen LogP contribution in [0.1, 0.15) is 13.3 Å². The Labute approximate surface area is 108 Å². The number of hydrogen-bond donors (Lipinski definition) is 1. The Balaban J connectivity index is 2.95. The van der Waals surface area contributed by atoms with Crippen LogP contribution in [0, 0.1) is 0 Å². The second-order valence-electron chi connectivity index (χ2n) is 3.31. The minimum absolute atomic E-state index is 0.00826. The Morgan fingerprint density at radius 2 is 2.25 bits per heavy atom. The van der Waals surface area contributed by atoms with Gasteiger partial charge in [0.25, 0.3) is 10.0 Å². The summed E-state index contributed by atoms with van der Waals surface area (Å²) in [5.41, 5.74) is 0. The van der Waals surface area contributed by atoms with Gasteiger partial charge < -0.3 is 0 Å². The van der Waals surface area contributed by atoms with Gasteiger partial charge in [0.2, 0.25) is 5.03 Å². The van der Waals surface area contributed by atoms with Crippen LogP contribution in [0.5, 0.6) is 0 Å². The Bertz CT molecular complexity index is 441. The molecule has 1 atom stereocenters. The van der Waals surface area contributed by atoms with E-state index in [1.807, 2.05) is 0 Å². The number of halogens is 2. The number of nitrogens with zero attached hydrogens (tertiary/aromatic N) is 3. The van der Waals surface area contributed by atoms with Crippen LogP contribution in [0.4, 0.5) is 0 Å². The summed E-state index contributed by atoms with van der Waals surface area (Å²) in [6.45, 7) is 1.75. The molecule has 0 radical (unpaired) electrons. The topological polar surface area (TPSA) is 76.9 Å². The van der Waals surface area contributed by atoms with E-state index in [0.29, 0.717) is 12.3 Å². The van der Waals surface area contributed by atoms with E-state index in [1.165, 1.54) is 11.7 Å². The van der Waals surface area contributed by atoms with Crippen molar-refractivity contribution in [3.63, 3.8) is 0 Å². The standard InChI is InChI=1S/C7H12BrClN4O2S/c1-5(3-4-9)11-16(14,15)7-6(8)10-12-13(7)2/h5,11H,3-4H2,1-2H3. The summed E-state index contributed by atoms with van der Waals surface area (Å²) in [6.07, 6.45) is 0.559. The van der Waals surface area contributed by atoms with Gasteiger partial charge in [-0.05, 0) is 29.3 Å². The molecule has 16 heavy (non-hydrogen) atoms. The molecule has 92 valence electrons. The van der Waals surface area contributed by atoms with Crippen LogP contribution in [-0.2, 0) is 17.1 Å². The van der Waals surface area contributed by atoms with Crippen molar-refractivity contribution >= 4 is 37.6 Å². The van der Waals surface area contributed by atoms with Gasteiger partial charge in [-0.3, -0.25) is 0 Å². The molecule has 0 bridgehead atoms. The monoisotopic (exact) mass is 330 g/mol. The van der Waals surface area contributed by atoms with Gasteiger partial charge in [-0.1, -0.05) is 5.21 Å². The molecule has 0 aromatic carbocycles. The van der Waals surface area contributed by atoms with Crippen LogP contribution >= 0.6 is 27.5 Å². The number of alkyl halides is 1. The van der Waals surface area contributed by atoms with Crippen molar-refractivity contribution in [1.29, 1.82) is 0 Å². The van der Waals surface area contributed by atoms with Crippen LogP contribution in [0.15, 0.2) is 9.63 Å². The minimum atomic E-state index is -3.62. The molecule has 1 aromatic heterocycles. The van der Waals surface area contributed by atoms with Gasteiger partial charge >= 0.3 is 0 Å². The van der Waals surface area contributed by atoms with Gasteiger partial charge in [-0.2, -0.15) is 0 Å². The van der Waals surface area contributed by atoms with E-state index in [-0.39, 0.29) is 15.7 Å². The van der Waals surface area contributed by atoms with Crippen LogP contribution < -0.4 is 4.72 Å². The van der Waals surface area contributed by atoms with E-state index >= 15 is 0 Å². The lowest BCUT2D eigenvalue weighted by atomic mass is 10.3. The van der Waals surface area contributed by atoms with Crippen molar-refractivity contribution in [1.82, 2.24) is 19.7 Å². The second kappa shape index (κ2) is 5.44. The molecule has 0 aliphatic carbocycles. The molecule has 0 amide bonds. The zero-order chi connectivity index (χ0) is 12.3. The van der Waals surface area contributed by atoms with Crippen molar-refractivity contribution in [2.75, 3.05) is 5.88 Å². The first-order valence-electron chi connectivity index (χ1n) is 4.52. The predicted octanol–water partition coefficient (Wildman–Crippen LogP) is 0.873. The Morgan fingerprint density at radius 3 is 2.69 bits per heavy atom. The zero-order valence-corrected chi connectivity index (χ0v) is 12.0. The molecular weight excluding hydrogens is 320 g/mol. The smallest absolute Gasteiger partial charge is 0.235 e. The van der Waals surface area contributed by atoms with E-state index in [9.17, 15) is 8.42 Å². The van der Waals surface area contributed by atoms with Crippen molar-refractivity contribution in [2.45, 2.75) is 24.4 Å². The number of hydrogen-bond acceptors (Lipinski definition) is 4. The summed E-state index contributed by atoms with van der Waals surface area (Å²) in [5, 5.41) is 7.24. The lowest BCUT2D eigenvalue weighted by Crippen LogP contribution is -2.34. The fourth-order valence-electron chi connectivity index (χ4n) is 1.15. The summed E-state index contributed by atoms with van der Waals surface area (Å²) in [5.74, 6) is 0.397. The van der Waals surface area contributed by atoms with Gasteiger partial charge in [0.05, 0.1) is 0 Å². The molecule has 1 N–H and O–H groups in total. The highest BCUT2D eigenvalue weighted by Crippen LogP contribution is 2.18. The normalized spacial score (nSPS) is 14.0. The molecule has 9 heteroatoms. The SMILES string of the molecule is CC(CCCl)NS(=O)(=O)c1c(Br)nnn1C. The maximum absolute atomic E-state index is 11.9. The molecule has 1 aromatic rings. The molecule has 0 aliphatic rings. The Kier molecular flexibility index (Phi) is 4.72. The van der Waals surface area contributed by atoms with E-state index < -0.39 is 10.0 Å². The molecule has 0 aliphatic heterocycles. The Morgan fingerprint density at radius 1 is 1.62 bits per heavy atom. The molecule has 0 saturated heterocycles. The number of sulfonamides is 1. The lowest BCUT2D eigenvalue weighted by Gasteiger charge is -2.12. The number of rotatable bonds is 5. The minimum Gasteiger partial charge on any atom is -0.235 e. The molecular formula is C7H12BrClN4O2S. The van der Waals surface area contributed by atoms with E-state index in [1.54, 1.807) is 6.92 Å². The van der Waals surface area contributed by atoms with E-state index in [2.05, 4.69) is 31.0 Å². The third-order valence-corrected chi connectivity index (χ3v) is 4.58. The summed E-state index contributed by atoms with van der Waals surface area (Å²) in [7, 11) is -2.10. The van der Waals surface area contributed by atoms with E-state index in [4.69, 9.17) is 11.6 Å². The summed E-state index contributed by atoms with van der Waals surface area (Å²) in [6, 6.07) is -0.232. The van der Waals surface area contributed by atoms with Gasteiger partial charge in [-0.25, -0.2) is 17.8 Å². The van der Waals surface area contributed by atoms with Crippen LogP contribution in [0.25, 0.3) is 0 Å². The largest absolute Gasteiger partial charge is 0.260 e. The molecule has 1 heterocycles. The summed E-state index contributed by atoms with van der Waals surface area (Å²) < 4.78 is 27.8. The Hall–Kier alpha value is -0.180. The number of aryl methyl sites for hydroxylation is 1. The first-order valence-corrected chi connectivity index (χ1v) is 7.33. The van der Waals surface area contributed by atoms with E-state index in [0.717, 1.165) is 0 Å². The highest BCUT2D eigenvalue weighted by molar-refractivity contribution is 9.10. The first-order chi connectivity index (χ1) is 7.38. The van der Waals surface area contributed by atoms with Crippen LogP contribution in [0.2, 0.25) is 0 Å². The van der Waals surface area contributed by atoms with Crippen molar-refractivity contribution < 1.29 is 8.42 Å². The average Bonchev–Trinajstić information content (AvgIpc) is 2.45. The molecule has 1 rings (SSSR count). The van der Waals surface area contributed by atoms with Crippen molar-refractivity contribution in [3.8, 4) is 0 Å². The maximum atomic E-state index is 11.9. The third kappa shape index (κ3) is 3.16. The fraction of sp³-hybridized carbons (Fsp3) is 0.714. The molecule has 6 nitrogen and oxygen atoms in total. The van der Waals surface area contributed by atoms with Gasteiger partial charge in [0.15, 0.2) is 4.60 Å². The number of aromatic nitrogens is 3. The second-order valence-corrected chi connectivity index (χ2v) is 6.07. The quantitative estimate of drug-likeness (QED) is 0.812. The molecule has 0 saturated carbocycles. The summed E-state index contributed by atoms with van der Waals surface area (Å²) in [4.78, 5) is 0. The van der Waals surface area contributed by atoms with Gasteiger partial charge in [0.1, 0.15) is 0 Å². The molecule has 0 fully saturated rings. The van der Waals surface area contributed by atoms with Gasteiger partial charge in [0, 0.05) is 19.0 Å². The maximum Gasteiger partial charge on any atom is 0.260 e. The highest BCUT2D eigenvalue weighted by Gasteiger charge is 2.25. The van der Waals surface area contributed by atoms with Gasteiger partial charge in [-0.15, -0.1) is 16.7 Å². The average molecular weight is 332 g/mol. The summed E-state index contributed by atoms with van der Waals surface area (Å²) >= 11 is 8.58. The fourth-order valence-corrected chi connectivity index (χ4v) is 3.85. The first kappa shape index (κ1) is 13.9. The molecule has 1 unspecified atom stereocenters. The lowest BCUT2D eigenvalue weighted by molar-refractivity contribution is 0.540. The third-order valence-electron chi connectivity index (χ3n) is 1.89. The van der Waals surface area contributed by atoms with Crippen molar-refractivity contribution in [2.24, 2.45) is 7.05 Å². The number of nitrogens with one attached hydrogen (secondary N) is 1. The van der Waals surface area contributed by atoms with Crippen LogP contribution in [0.3, 0.4) is 0 Å². The highest BCUT2D eigenvalue weighted by atomic mass is 79.9.